The largest absolute Gasteiger partial charge is 0.341 e. The molecule has 0 spiro atoms. The molecule has 1 saturated heterocycles. The number of hydrogen-bond donors (Lipinski definition) is 0. The zero-order chi connectivity index (χ0) is 20.5. The summed E-state index contributed by atoms with van der Waals surface area (Å²) in [6.45, 7) is 1.66. The highest BCUT2D eigenvalue weighted by atomic mass is 32.1. The number of thiophene rings is 1. The molecule has 1 fully saturated rings. The van der Waals surface area contributed by atoms with Crippen molar-refractivity contribution in [1.29, 1.82) is 0 Å². The molecule has 0 radical (unpaired) electrons. The topological polar surface area (TPSA) is 55.2 Å². The van der Waals surface area contributed by atoms with Gasteiger partial charge in [0.15, 0.2) is 0 Å². The van der Waals surface area contributed by atoms with Crippen LogP contribution >= 0.6 is 11.3 Å². The van der Waals surface area contributed by atoms with Gasteiger partial charge in [0.25, 0.3) is 5.56 Å². The number of aromatic nitrogens is 2. The summed E-state index contributed by atoms with van der Waals surface area (Å²) in [5.41, 5.74) is 4.74. The van der Waals surface area contributed by atoms with Gasteiger partial charge in [0.2, 0.25) is 5.91 Å². The van der Waals surface area contributed by atoms with Gasteiger partial charge >= 0.3 is 0 Å². The van der Waals surface area contributed by atoms with Crippen LogP contribution in [0.5, 0.6) is 0 Å². The second-order valence-electron chi connectivity index (χ2n) is 8.49. The zero-order valence-electron chi connectivity index (χ0n) is 17.2. The van der Waals surface area contributed by atoms with Crippen LogP contribution in [0.4, 0.5) is 0 Å². The molecule has 30 heavy (non-hydrogen) atoms. The Bertz CT molecular complexity index is 1140. The minimum atomic E-state index is -0.114. The molecule has 0 bridgehead atoms. The predicted octanol–water partition coefficient (Wildman–Crippen LogP) is 4.41. The maximum Gasteiger partial charge on any atom is 0.263 e. The molecule has 0 unspecified atom stereocenters. The van der Waals surface area contributed by atoms with Crippen molar-refractivity contribution in [3.05, 3.63) is 51.4 Å². The summed E-state index contributed by atoms with van der Waals surface area (Å²) in [5.74, 6) is 0.0192. The van der Waals surface area contributed by atoms with E-state index in [0.29, 0.717) is 5.39 Å². The van der Waals surface area contributed by atoms with Crippen LogP contribution in [-0.2, 0) is 24.2 Å². The summed E-state index contributed by atoms with van der Waals surface area (Å²) >= 11 is 1.50. The highest BCUT2D eigenvalue weighted by Crippen LogP contribution is 2.33. The molecule has 156 valence electrons. The van der Waals surface area contributed by atoms with E-state index in [0.717, 1.165) is 54.7 Å². The average molecular weight is 422 g/mol. The summed E-state index contributed by atoms with van der Waals surface area (Å²) in [5, 5.41) is 2.67. The summed E-state index contributed by atoms with van der Waals surface area (Å²) in [7, 11) is 0. The van der Waals surface area contributed by atoms with Crippen LogP contribution in [0.2, 0.25) is 0 Å². The fourth-order valence-electron chi connectivity index (χ4n) is 4.76. The highest BCUT2D eigenvalue weighted by Gasteiger charge is 2.19. The average Bonchev–Trinajstić information content (AvgIpc) is 3.02. The van der Waals surface area contributed by atoms with E-state index in [-0.39, 0.29) is 18.0 Å². The van der Waals surface area contributed by atoms with E-state index in [1.165, 1.54) is 59.0 Å². The molecule has 1 aliphatic carbocycles. The lowest BCUT2D eigenvalue weighted by Crippen LogP contribution is -2.37. The van der Waals surface area contributed by atoms with Crippen LogP contribution in [0.3, 0.4) is 0 Å². The maximum atomic E-state index is 13.3. The van der Waals surface area contributed by atoms with Gasteiger partial charge in [-0.1, -0.05) is 31.0 Å². The minimum Gasteiger partial charge on any atom is -0.341 e. The molecule has 2 aromatic heterocycles. The summed E-state index contributed by atoms with van der Waals surface area (Å²) in [4.78, 5) is 33.3. The molecule has 6 heteroatoms. The number of aryl methyl sites for hydroxylation is 2. The SMILES string of the molecule is O=C(Cn1cnc2scc(-c3ccc4c(c3)CCCC4)c2c1=O)N1CCCCCC1. The van der Waals surface area contributed by atoms with Gasteiger partial charge in [-0.2, -0.15) is 0 Å². The maximum absolute atomic E-state index is 13.3. The van der Waals surface area contributed by atoms with Crippen molar-refractivity contribution in [3.8, 4) is 11.1 Å². The summed E-state index contributed by atoms with van der Waals surface area (Å²) < 4.78 is 1.49. The van der Waals surface area contributed by atoms with E-state index in [4.69, 9.17) is 0 Å². The predicted molar refractivity (Wildman–Crippen MR) is 121 cm³/mol. The molecule has 2 aliphatic rings. The van der Waals surface area contributed by atoms with Crippen molar-refractivity contribution in [2.75, 3.05) is 13.1 Å². The second kappa shape index (κ2) is 8.34. The first kappa shape index (κ1) is 19.5. The summed E-state index contributed by atoms with van der Waals surface area (Å²) in [6.07, 6.45) is 10.7. The third-order valence-electron chi connectivity index (χ3n) is 6.48. The lowest BCUT2D eigenvalue weighted by Gasteiger charge is -2.20. The van der Waals surface area contributed by atoms with E-state index >= 15 is 0 Å². The molecule has 1 aromatic carbocycles. The lowest BCUT2D eigenvalue weighted by molar-refractivity contribution is -0.131. The zero-order valence-corrected chi connectivity index (χ0v) is 18.0. The van der Waals surface area contributed by atoms with E-state index in [2.05, 4.69) is 23.2 Å². The fourth-order valence-corrected chi connectivity index (χ4v) is 5.67. The number of nitrogens with zero attached hydrogens (tertiary/aromatic N) is 3. The first-order valence-corrected chi connectivity index (χ1v) is 12.0. The van der Waals surface area contributed by atoms with E-state index in [9.17, 15) is 9.59 Å². The Morgan fingerprint density at radius 2 is 1.77 bits per heavy atom. The Kier molecular flexibility index (Phi) is 5.42. The van der Waals surface area contributed by atoms with Crippen LogP contribution in [-0.4, -0.2) is 33.4 Å². The van der Waals surface area contributed by atoms with Gasteiger partial charge in [0.05, 0.1) is 11.7 Å². The number of amides is 1. The van der Waals surface area contributed by atoms with Crippen molar-refractivity contribution in [3.63, 3.8) is 0 Å². The van der Waals surface area contributed by atoms with Crippen molar-refractivity contribution in [2.45, 2.75) is 57.9 Å². The lowest BCUT2D eigenvalue weighted by atomic mass is 9.89. The molecule has 3 aromatic rings. The Morgan fingerprint density at radius 1 is 1.00 bits per heavy atom. The van der Waals surface area contributed by atoms with Crippen molar-refractivity contribution < 1.29 is 4.79 Å². The number of carbonyl (C=O) groups excluding carboxylic acids is 1. The third-order valence-corrected chi connectivity index (χ3v) is 7.37. The molecule has 1 aliphatic heterocycles. The first-order chi connectivity index (χ1) is 14.7. The number of benzene rings is 1. The smallest absolute Gasteiger partial charge is 0.263 e. The van der Waals surface area contributed by atoms with Gasteiger partial charge in [-0.15, -0.1) is 11.3 Å². The van der Waals surface area contributed by atoms with Crippen LogP contribution < -0.4 is 5.56 Å². The van der Waals surface area contributed by atoms with Crippen LogP contribution in [0.15, 0.2) is 34.7 Å². The van der Waals surface area contributed by atoms with Gasteiger partial charge in [0.1, 0.15) is 11.4 Å². The third kappa shape index (κ3) is 3.69. The molecule has 0 N–H and O–H groups in total. The minimum absolute atomic E-state index is 0.0192. The number of hydrogen-bond acceptors (Lipinski definition) is 4. The summed E-state index contributed by atoms with van der Waals surface area (Å²) in [6, 6.07) is 6.59. The van der Waals surface area contributed by atoms with Gasteiger partial charge < -0.3 is 4.90 Å². The number of likely N-dealkylation sites (tertiary alicyclic amines) is 1. The molecular weight excluding hydrogens is 394 g/mol. The van der Waals surface area contributed by atoms with Crippen LogP contribution in [0.1, 0.15) is 49.7 Å². The van der Waals surface area contributed by atoms with Crippen LogP contribution in [0, 0.1) is 0 Å². The van der Waals surface area contributed by atoms with Crippen LogP contribution in [0.25, 0.3) is 21.3 Å². The van der Waals surface area contributed by atoms with E-state index in [1.807, 2.05) is 10.3 Å². The fraction of sp³-hybridized carbons (Fsp3) is 0.458. The molecule has 1 amide bonds. The van der Waals surface area contributed by atoms with Gasteiger partial charge in [0, 0.05) is 24.0 Å². The number of fused-ring (bicyclic) bond motifs is 2. The Balaban J connectivity index is 1.48. The molecule has 5 rings (SSSR count). The Labute approximate surface area is 180 Å². The number of carbonyl (C=O) groups is 1. The Hall–Kier alpha value is -2.47. The molecule has 5 nitrogen and oxygen atoms in total. The quantitative estimate of drug-likeness (QED) is 0.630. The van der Waals surface area contributed by atoms with Gasteiger partial charge in [-0.25, -0.2) is 4.98 Å². The monoisotopic (exact) mass is 421 g/mol. The van der Waals surface area contributed by atoms with Gasteiger partial charge in [-0.05, 0) is 55.2 Å². The van der Waals surface area contributed by atoms with E-state index < -0.39 is 0 Å². The molecule has 3 heterocycles. The standard InChI is InChI=1S/C24H27N3O2S/c28-21(26-11-5-1-2-6-12-26)14-27-16-25-23-22(24(27)29)20(15-30-23)19-10-9-17-7-3-4-8-18(17)13-19/h9-10,13,15-16H,1-8,11-12,14H2. The van der Waals surface area contributed by atoms with E-state index in [1.54, 1.807) is 0 Å². The number of rotatable bonds is 3. The van der Waals surface area contributed by atoms with Crippen molar-refractivity contribution in [2.24, 2.45) is 0 Å². The normalized spacial score (nSPS) is 17.0. The van der Waals surface area contributed by atoms with Gasteiger partial charge in [-0.3, -0.25) is 14.2 Å². The Morgan fingerprint density at radius 3 is 2.57 bits per heavy atom. The van der Waals surface area contributed by atoms with Crippen molar-refractivity contribution in [1.82, 2.24) is 14.5 Å². The van der Waals surface area contributed by atoms with Crippen molar-refractivity contribution >= 4 is 27.5 Å². The first-order valence-electron chi connectivity index (χ1n) is 11.1. The second-order valence-corrected chi connectivity index (χ2v) is 9.35. The molecule has 0 atom stereocenters. The molecular formula is C24H27N3O2S. The molecule has 0 saturated carbocycles. The highest BCUT2D eigenvalue weighted by molar-refractivity contribution is 7.17.